The van der Waals surface area contributed by atoms with Crippen molar-refractivity contribution in [3.63, 3.8) is 0 Å². The summed E-state index contributed by atoms with van der Waals surface area (Å²) in [5, 5.41) is 5.67. The molecule has 3 heteroatoms. The maximum Gasteiger partial charge on any atom is 0.288 e. The molecule has 0 saturated carbocycles. The van der Waals surface area contributed by atoms with Gasteiger partial charge < -0.3 is 9.73 Å². The van der Waals surface area contributed by atoms with Crippen LogP contribution in [0.3, 0.4) is 0 Å². The maximum absolute atomic E-state index is 12.0. The monoisotopic (exact) mass is 263 g/mol. The summed E-state index contributed by atoms with van der Waals surface area (Å²) in [6.07, 6.45) is 5.15. The molecule has 1 heterocycles. The topological polar surface area (TPSA) is 42.2 Å². The zero-order valence-electron chi connectivity index (χ0n) is 11.1. The van der Waals surface area contributed by atoms with E-state index in [0.29, 0.717) is 5.76 Å². The fourth-order valence-electron chi connectivity index (χ4n) is 2.38. The third-order valence-corrected chi connectivity index (χ3v) is 3.39. The van der Waals surface area contributed by atoms with Gasteiger partial charge in [-0.1, -0.05) is 42.3 Å². The van der Waals surface area contributed by atoms with Gasteiger partial charge in [0.15, 0.2) is 5.76 Å². The van der Waals surface area contributed by atoms with Crippen molar-refractivity contribution >= 4 is 27.6 Å². The number of carbonyl (C=O) groups is 1. The Bertz CT molecular complexity index is 852. The summed E-state index contributed by atoms with van der Waals surface area (Å²) in [4.78, 5) is 12.0. The van der Waals surface area contributed by atoms with Crippen molar-refractivity contribution < 1.29 is 9.21 Å². The first-order chi connectivity index (χ1) is 9.72. The Balaban J connectivity index is 2.21. The van der Waals surface area contributed by atoms with Crippen LogP contribution in [0.25, 0.3) is 21.7 Å². The van der Waals surface area contributed by atoms with Gasteiger partial charge in [-0.05, 0) is 12.3 Å². The predicted molar refractivity (Wildman–Crippen MR) is 79.6 cm³/mol. The number of fused-ring (bicyclic) bond motifs is 3. The van der Waals surface area contributed by atoms with Crippen molar-refractivity contribution in [2.45, 2.75) is 6.92 Å². The molecule has 98 valence electrons. The minimum atomic E-state index is -0.277. The number of carbonyl (C=O) groups excluding carboxylic acids is 1. The zero-order chi connectivity index (χ0) is 14.1. The highest BCUT2D eigenvalue weighted by Gasteiger charge is 2.18. The van der Waals surface area contributed by atoms with Gasteiger partial charge in [-0.3, -0.25) is 4.79 Å². The first-order valence-electron chi connectivity index (χ1n) is 6.35. The molecule has 20 heavy (non-hydrogen) atoms. The van der Waals surface area contributed by atoms with E-state index in [2.05, 4.69) is 11.2 Å². The summed E-state index contributed by atoms with van der Waals surface area (Å²) < 4.78 is 5.79. The largest absolute Gasteiger partial charge is 0.450 e. The number of benzene rings is 2. The van der Waals surface area contributed by atoms with Crippen LogP contribution < -0.4 is 5.32 Å². The highest BCUT2D eigenvalue weighted by molar-refractivity contribution is 6.08. The Hall–Kier alpha value is -2.73. The average molecular weight is 263 g/mol. The molecular formula is C17H13NO2. The Morgan fingerprint density at radius 2 is 2.05 bits per heavy atom. The van der Waals surface area contributed by atoms with Crippen LogP contribution in [0.2, 0.25) is 0 Å². The lowest BCUT2D eigenvalue weighted by Crippen LogP contribution is -2.23. The van der Waals surface area contributed by atoms with E-state index in [-0.39, 0.29) is 12.5 Å². The number of hydrogen-bond acceptors (Lipinski definition) is 2. The van der Waals surface area contributed by atoms with E-state index in [9.17, 15) is 4.79 Å². The Morgan fingerprint density at radius 1 is 1.25 bits per heavy atom. The minimum Gasteiger partial charge on any atom is -0.450 e. The number of nitrogens with one attached hydrogen (secondary N) is 1. The molecule has 1 amide bonds. The Kier molecular flexibility index (Phi) is 2.92. The normalized spacial score (nSPS) is 10.6. The molecule has 0 atom stereocenters. The molecule has 1 N–H and O–H groups in total. The van der Waals surface area contributed by atoms with Gasteiger partial charge in [0.2, 0.25) is 0 Å². The SMILES string of the molecule is C#CCNC(=O)c1oc2c(ccc3ccccc32)c1C. The van der Waals surface area contributed by atoms with Crippen LogP contribution in [0, 0.1) is 19.3 Å². The molecule has 0 aliphatic heterocycles. The van der Waals surface area contributed by atoms with E-state index < -0.39 is 0 Å². The third-order valence-electron chi connectivity index (χ3n) is 3.39. The average Bonchev–Trinajstić information content (AvgIpc) is 2.82. The second kappa shape index (κ2) is 4.75. The molecular weight excluding hydrogens is 250 g/mol. The molecule has 1 aromatic heterocycles. The van der Waals surface area contributed by atoms with Crippen LogP contribution in [0.4, 0.5) is 0 Å². The van der Waals surface area contributed by atoms with E-state index in [1.54, 1.807) is 0 Å². The molecule has 3 rings (SSSR count). The van der Waals surface area contributed by atoms with Gasteiger partial charge in [0.25, 0.3) is 5.91 Å². The maximum atomic E-state index is 12.0. The minimum absolute atomic E-state index is 0.191. The van der Waals surface area contributed by atoms with Gasteiger partial charge in [-0.15, -0.1) is 6.42 Å². The van der Waals surface area contributed by atoms with Gasteiger partial charge >= 0.3 is 0 Å². The van der Waals surface area contributed by atoms with E-state index in [1.807, 2.05) is 43.3 Å². The number of aryl methyl sites for hydroxylation is 1. The van der Waals surface area contributed by atoms with Crippen LogP contribution in [0.5, 0.6) is 0 Å². The van der Waals surface area contributed by atoms with E-state index >= 15 is 0 Å². The van der Waals surface area contributed by atoms with Gasteiger partial charge in [0.05, 0.1) is 6.54 Å². The summed E-state index contributed by atoms with van der Waals surface area (Å²) in [7, 11) is 0. The summed E-state index contributed by atoms with van der Waals surface area (Å²) in [6, 6.07) is 12.0. The Labute approximate surface area is 116 Å². The van der Waals surface area contributed by atoms with E-state index in [0.717, 1.165) is 27.3 Å². The van der Waals surface area contributed by atoms with Crippen LogP contribution in [0.15, 0.2) is 40.8 Å². The molecule has 0 spiro atoms. The van der Waals surface area contributed by atoms with Crippen molar-refractivity contribution in [1.29, 1.82) is 0 Å². The molecule has 2 aromatic carbocycles. The van der Waals surface area contributed by atoms with Crippen LogP contribution in [-0.2, 0) is 0 Å². The quantitative estimate of drug-likeness (QED) is 0.721. The molecule has 0 aliphatic carbocycles. The number of furan rings is 1. The second-order valence-corrected chi connectivity index (χ2v) is 4.61. The van der Waals surface area contributed by atoms with E-state index in [1.165, 1.54) is 0 Å². The first kappa shape index (κ1) is 12.3. The molecule has 0 unspecified atom stereocenters. The van der Waals surface area contributed by atoms with Crippen LogP contribution in [-0.4, -0.2) is 12.5 Å². The smallest absolute Gasteiger partial charge is 0.288 e. The van der Waals surface area contributed by atoms with Crippen molar-refractivity contribution in [2.24, 2.45) is 0 Å². The summed E-state index contributed by atoms with van der Waals surface area (Å²) >= 11 is 0. The standard InChI is InChI=1S/C17H13NO2/c1-3-10-18-17(19)15-11(2)13-9-8-12-6-4-5-7-14(12)16(13)20-15/h1,4-9H,10H2,2H3,(H,18,19). The first-order valence-corrected chi connectivity index (χ1v) is 6.35. The highest BCUT2D eigenvalue weighted by Crippen LogP contribution is 2.31. The number of amides is 1. The molecule has 0 radical (unpaired) electrons. The van der Waals surface area contributed by atoms with Crippen LogP contribution >= 0.6 is 0 Å². The lowest BCUT2D eigenvalue weighted by Gasteiger charge is -1.98. The van der Waals surface area contributed by atoms with Gasteiger partial charge in [-0.2, -0.15) is 0 Å². The number of hydrogen-bond donors (Lipinski definition) is 1. The molecule has 0 bridgehead atoms. The zero-order valence-corrected chi connectivity index (χ0v) is 11.1. The lowest BCUT2D eigenvalue weighted by molar-refractivity contribution is 0.0932. The fourth-order valence-corrected chi connectivity index (χ4v) is 2.38. The van der Waals surface area contributed by atoms with Crippen molar-refractivity contribution in [3.8, 4) is 12.3 Å². The fraction of sp³-hybridized carbons (Fsp3) is 0.118. The summed E-state index contributed by atoms with van der Waals surface area (Å²) in [5.74, 6) is 2.43. The molecule has 0 aliphatic rings. The van der Waals surface area contributed by atoms with Gasteiger partial charge in [0, 0.05) is 16.3 Å². The summed E-state index contributed by atoms with van der Waals surface area (Å²) in [5.41, 5.74) is 1.58. The van der Waals surface area contributed by atoms with E-state index in [4.69, 9.17) is 10.8 Å². The lowest BCUT2D eigenvalue weighted by atomic mass is 10.1. The van der Waals surface area contributed by atoms with Crippen molar-refractivity contribution in [1.82, 2.24) is 5.32 Å². The summed E-state index contributed by atoms with van der Waals surface area (Å²) in [6.45, 7) is 2.07. The van der Waals surface area contributed by atoms with Gasteiger partial charge in [0.1, 0.15) is 5.58 Å². The molecule has 0 saturated heterocycles. The second-order valence-electron chi connectivity index (χ2n) is 4.61. The Morgan fingerprint density at radius 3 is 2.85 bits per heavy atom. The predicted octanol–water partition coefficient (Wildman–Crippen LogP) is 3.26. The van der Waals surface area contributed by atoms with Gasteiger partial charge in [-0.25, -0.2) is 0 Å². The molecule has 3 aromatic rings. The molecule has 0 fully saturated rings. The van der Waals surface area contributed by atoms with Crippen LogP contribution in [0.1, 0.15) is 16.1 Å². The van der Waals surface area contributed by atoms with Crippen molar-refractivity contribution in [2.75, 3.05) is 6.54 Å². The number of rotatable bonds is 2. The van der Waals surface area contributed by atoms with Crippen molar-refractivity contribution in [3.05, 3.63) is 47.7 Å². The highest BCUT2D eigenvalue weighted by atomic mass is 16.3. The third kappa shape index (κ3) is 1.83. The number of terminal acetylenes is 1. The molecule has 3 nitrogen and oxygen atoms in total.